The maximum atomic E-state index is 10.9. The Labute approximate surface area is 83.8 Å². The zero-order valence-corrected chi connectivity index (χ0v) is 7.60. The monoisotopic (exact) mass is 212 g/mol. The molecule has 6 heteroatoms. The normalized spacial score (nSPS) is 9.87. The number of hydrogen-bond acceptors (Lipinski definition) is 4. The Kier molecular flexibility index (Phi) is 3.22. The molecular formula is C9H8O6. The molecule has 2 N–H and O–H groups in total. The van der Waals surface area contributed by atoms with Crippen LogP contribution >= 0.6 is 0 Å². The second-order valence-electron chi connectivity index (χ2n) is 2.85. The van der Waals surface area contributed by atoms with Crippen LogP contribution in [0.1, 0.15) is 22.5 Å². The minimum absolute atomic E-state index is 0.0984. The summed E-state index contributed by atoms with van der Waals surface area (Å²) in [4.78, 5) is 31.6. The molecule has 0 aliphatic rings. The number of carboxylic acid groups (broad SMARTS) is 2. The van der Waals surface area contributed by atoms with Crippen LogP contribution in [0.5, 0.6) is 0 Å². The third-order valence-electron chi connectivity index (χ3n) is 1.67. The molecule has 0 unspecified atom stereocenters. The van der Waals surface area contributed by atoms with Crippen molar-refractivity contribution in [1.29, 1.82) is 0 Å². The quantitative estimate of drug-likeness (QED) is 0.746. The highest BCUT2D eigenvalue weighted by atomic mass is 16.4. The first-order valence-corrected chi connectivity index (χ1v) is 4.08. The van der Waals surface area contributed by atoms with Gasteiger partial charge in [0, 0.05) is 12.5 Å². The summed E-state index contributed by atoms with van der Waals surface area (Å²) >= 11 is 0. The predicted octanol–water partition coefficient (Wildman–Crippen LogP) is 0.355. The summed E-state index contributed by atoms with van der Waals surface area (Å²) in [5.74, 6) is -2.85. The van der Waals surface area contributed by atoms with Crippen molar-refractivity contribution in [3.63, 3.8) is 0 Å². The van der Waals surface area contributed by atoms with E-state index in [9.17, 15) is 14.4 Å². The van der Waals surface area contributed by atoms with Crippen LogP contribution in [0.2, 0.25) is 0 Å². The van der Waals surface area contributed by atoms with Gasteiger partial charge in [0.2, 0.25) is 5.76 Å². The minimum atomic E-state index is -1.36. The average Bonchev–Trinajstić information content (AvgIpc) is 2.13. The van der Waals surface area contributed by atoms with Gasteiger partial charge in [0.05, 0.1) is 0 Å². The first kappa shape index (κ1) is 11.0. The summed E-state index contributed by atoms with van der Waals surface area (Å²) in [6.07, 6.45) is -0.0657. The minimum Gasteiger partial charge on any atom is -0.481 e. The van der Waals surface area contributed by atoms with Crippen molar-refractivity contribution >= 4 is 11.9 Å². The van der Waals surface area contributed by atoms with Gasteiger partial charge in [-0.2, -0.15) is 0 Å². The molecule has 0 aliphatic heterocycles. The van der Waals surface area contributed by atoms with Crippen LogP contribution < -0.4 is 5.63 Å². The summed E-state index contributed by atoms with van der Waals surface area (Å²) in [6.45, 7) is 0. The molecule has 0 amide bonds. The van der Waals surface area contributed by atoms with Crippen molar-refractivity contribution < 1.29 is 24.2 Å². The van der Waals surface area contributed by atoms with Gasteiger partial charge in [0.25, 0.3) is 0 Å². The molecule has 0 fully saturated rings. The zero-order chi connectivity index (χ0) is 11.4. The number of aromatic carboxylic acids is 1. The van der Waals surface area contributed by atoms with E-state index in [4.69, 9.17) is 10.2 Å². The summed E-state index contributed by atoms with van der Waals surface area (Å²) in [5.41, 5.74) is -0.457. The lowest BCUT2D eigenvalue weighted by atomic mass is 10.1. The van der Waals surface area contributed by atoms with Gasteiger partial charge < -0.3 is 14.6 Å². The smallest absolute Gasteiger partial charge is 0.371 e. The lowest BCUT2D eigenvalue weighted by Crippen LogP contribution is -2.08. The molecule has 0 atom stereocenters. The molecule has 15 heavy (non-hydrogen) atoms. The van der Waals surface area contributed by atoms with E-state index in [1.807, 2.05) is 0 Å². The Morgan fingerprint density at radius 1 is 1.27 bits per heavy atom. The molecule has 0 bridgehead atoms. The second-order valence-corrected chi connectivity index (χ2v) is 2.85. The van der Waals surface area contributed by atoms with Gasteiger partial charge in [0.15, 0.2) is 0 Å². The third kappa shape index (κ3) is 3.26. The van der Waals surface area contributed by atoms with E-state index >= 15 is 0 Å². The molecule has 0 radical (unpaired) electrons. The molecule has 1 aromatic rings. The fraction of sp³-hybridized carbons (Fsp3) is 0.222. The molecule has 1 rings (SSSR count). The Morgan fingerprint density at radius 2 is 1.93 bits per heavy atom. The topological polar surface area (TPSA) is 105 Å². The molecular weight excluding hydrogens is 204 g/mol. The van der Waals surface area contributed by atoms with Gasteiger partial charge in [-0.25, -0.2) is 9.59 Å². The highest BCUT2D eigenvalue weighted by Gasteiger charge is 2.09. The lowest BCUT2D eigenvalue weighted by Gasteiger charge is -1.98. The van der Waals surface area contributed by atoms with E-state index in [1.54, 1.807) is 0 Å². The van der Waals surface area contributed by atoms with E-state index in [-0.39, 0.29) is 12.8 Å². The lowest BCUT2D eigenvalue weighted by molar-refractivity contribution is -0.136. The number of hydrogen-bond donors (Lipinski definition) is 2. The zero-order valence-electron chi connectivity index (χ0n) is 7.60. The Hall–Kier alpha value is -2.11. The number of aryl methyl sites for hydroxylation is 1. The van der Waals surface area contributed by atoms with E-state index in [0.717, 1.165) is 12.1 Å². The molecule has 0 spiro atoms. The maximum Gasteiger partial charge on any atom is 0.371 e. The summed E-state index contributed by atoms with van der Waals surface area (Å²) in [5, 5.41) is 17.0. The molecule has 1 aromatic heterocycles. The molecule has 1 heterocycles. The first-order valence-electron chi connectivity index (χ1n) is 4.08. The third-order valence-corrected chi connectivity index (χ3v) is 1.67. The summed E-state index contributed by atoms with van der Waals surface area (Å²) in [7, 11) is 0. The Morgan fingerprint density at radius 3 is 2.47 bits per heavy atom. The Balaban J connectivity index is 2.94. The van der Waals surface area contributed by atoms with Crippen LogP contribution in [0.3, 0.4) is 0 Å². The fourth-order valence-electron chi connectivity index (χ4n) is 1.03. The Bertz CT molecular complexity index is 444. The van der Waals surface area contributed by atoms with Crippen LogP contribution in [0.4, 0.5) is 0 Å². The van der Waals surface area contributed by atoms with Crippen molar-refractivity contribution in [3.05, 3.63) is 33.9 Å². The van der Waals surface area contributed by atoms with Crippen LogP contribution in [0.25, 0.3) is 0 Å². The number of rotatable bonds is 4. The van der Waals surface area contributed by atoms with Gasteiger partial charge in [-0.05, 0) is 18.1 Å². The van der Waals surface area contributed by atoms with E-state index in [1.165, 1.54) is 0 Å². The van der Waals surface area contributed by atoms with Crippen molar-refractivity contribution in [2.75, 3.05) is 0 Å². The van der Waals surface area contributed by atoms with Crippen LogP contribution in [-0.2, 0) is 11.2 Å². The number of aliphatic carboxylic acids is 1. The molecule has 0 aliphatic carbocycles. The summed E-state index contributed by atoms with van der Waals surface area (Å²) < 4.78 is 4.38. The molecule has 0 saturated carbocycles. The van der Waals surface area contributed by atoms with Gasteiger partial charge in [0.1, 0.15) is 0 Å². The van der Waals surface area contributed by atoms with Gasteiger partial charge in [-0.1, -0.05) is 0 Å². The van der Waals surface area contributed by atoms with Crippen molar-refractivity contribution in [1.82, 2.24) is 0 Å². The molecule has 0 saturated heterocycles. The van der Waals surface area contributed by atoms with Crippen LogP contribution in [0.15, 0.2) is 21.3 Å². The second kappa shape index (κ2) is 4.41. The van der Waals surface area contributed by atoms with Crippen LogP contribution in [0, 0.1) is 0 Å². The number of carboxylic acids is 2. The highest BCUT2D eigenvalue weighted by molar-refractivity contribution is 5.84. The average molecular weight is 212 g/mol. The molecule has 80 valence electrons. The van der Waals surface area contributed by atoms with E-state index < -0.39 is 23.3 Å². The predicted molar refractivity (Wildman–Crippen MR) is 47.9 cm³/mol. The van der Waals surface area contributed by atoms with E-state index in [0.29, 0.717) is 5.56 Å². The molecule has 6 nitrogen and oxygen atoms in total. The first-order chi connectivity index (χ1) is 6.99. The summed E-state index contributed by atoms with van der Waals surface area (Å²) in [6, 6.07) is 2.22. The van der Waals surface area contributed by atoms with E-state index in [2.05, 4.69) is 4.42 Å². The van der Waals surface area contributed by atoms with Crippen LogP contribution in [-0.4, -0.2) is 22.2 Å². The SMILES string of the molecule is O=C(O)CCc1cc(C(=O)O)oc(=O)c1. The van der Waals surface area contributed by atoms with Gasteiger partial charge in [-0.3, -0.25) is 4.79 Å². The van der Waals surface area contributed by atoms with Crippen molar-refractivity contribution in [2.24, 2.45) is 0 Å². The largest absolute Gasteiger partial charge is 0.481 e. The highest BCUT2D eigenvalue weighted by Crippen LogP contribution is 2.04. The van der Waals surface area contributed by atoms with Gasteiger partial charge >= 0.3 is 17.6 Å². The standard InChI is InChI=1S/C9H8O6/c10-7(11)2-1-5-3-6(9(13)14)15-8(12)4-5/h3-4H,1-2H2,(H,10,11)(H,13,14). The molecule has 0 aromatic carbocycles. The van der Waals surface area contributed by atoms with Gasteiger partial charge in [-0.15, -0.1) is 0 Å². The van der Waals surface area contributed by atoms with Crippen molar-refractivity contribution in [3.8, 4) is 0 Å². The van der Waals surface area contributed by atoms with Crippen molar-refractivity contribution in [2.45, 2.75) is 12.8 Å². The maximum absolute atomic E-state index is 10.9. The number of carbonyl (C=O) groups is 2. The fourth-order valence-corrected chi connectivity index (χ4v) is 1.03.